The molecule has 2 aliphatic heterocycles. The maximum Gasteiger partial charge on any atom is 0.249 e. The van der Waals surface area contributed by atoms with E-state index >= 15 is 0 Å². The highest BCUT2D eigenvalue weighted by atomic mass is 16.5. The molecule has 156 valence electrons. The van der Waals surface area contributed by atoms with Gasteiger partial charge < -0.3 is 24.6 Å². The molecule has 2 saturated heterocycles. The van der Waals surface area contributed by atoms with Crippen molar-refractivity contribution >= 4 is 22.8 Å². The summed E-state index contributed by atoms with van der Waals surface area (Å²) in [6.07, 6.45) is 5.81. The quantitative estimate of drug-likeness (QED) is 0.783. The van der Waals surface area contributed by atoms with Crippen LogP contribution < -0.4 is 5.32 Å². The lowest BCUT2D eigenvalue weighted by Crippen LogP contribution is -2.54. The number of amides is 2. The van der Waals surface area contributed by atoms with Crippen LogP contribution >= 0.6 is 0 Å². The Balaban J connectivity index is 1.32. The second-order valence-corrected chi connectivity index (χ2v) is 8.13. The molecule has 0 unspecified atom stereocenters. The topological polar surface area (TPSA) is 96.7 Å². The summed E-state index contributed by atoms with van der Waals surface area (Å²) in [6, 6.07) is 5.21. The summed E-state index contributed by atoms with van der Waals surface area (Å²) < 4.78 is 7.39. The van der Waals surface area contributed by atoms with Gasteiger partial charge in [0.1, 0.15) is 12.1 Å². The van der Waals surface area contributed by atoms with Crippen LogP contribution in [0.1, 0.15) is 32.6 Å². The monoisotopic (exact) mass is 400 g/mol. The van der Waals surface area contributed by atoms with Crippen LogP contribution in [0.2, 0.25) is 0 Å². The van der Waals surface area contributed by atoms with Crippen molar-refractivity contribution in [2.24, 2.45) is 0 Å². The number of ether oxygens (including phenoxy) is 1. The highest BCUT2D eigenvalue weighted by molar-refractivity contribution is 5.89. The number of carbonyl (C=O) groups is 2. The molecular formula is C21H28N4O4. The van der Waals surface area contributed by atoms with Crippen molar-refractivity contribution in [2.75, 3.05) is 19.7 Å². The van der Waals surface area contributed by atoms with Crippen molar-refractivity contribution < 1.29 is 19.4 Å². The first-order chi connectivity index (χ1) is 14.0. The van der Waals surface area contributed by atoms with Crippen molar-refractivity contribution in [1.82, 2.24) is 19.8 Å². The Morgan fingerprint density at radius 1 is 1.38 bits per heavy atom. The predicted molar refractivity (Wildman–Crippen MR) is 107 cm³/mol. The summed E-state index contributed by atoms with van der Waals surface area (Å²) in [5.74, 6) is -0.334. The van der Waals surface area contributed by atoms with Crippen LogP contribution in [0.3, 0.4) is 0 Å². The minimum absolute atomic E-state index is 0.117. The number of nitrogens with zero attached hydrogens (tertiary/aromatic N) is 3. The summed E-state index contributed by atoms with van der Waals surface area (Å²) in [6.45, 7) is 3.70. The second-order valence-electron chi connectivity index (χ2n) is 8.13. The molecule has 0 bridgehead atoms. The third-order valence-electron chi connectivity index (χ3n) is 5.96. The molecule has 0 radical (unpaired) electrons. The normalized spacial score (nSPS) is 22.6. The predicted octanol–water partition coefficient (Wildman–Crippen LogP) is 1.07. The molecule has 0 aromatic carbocycles. The van der Waals surface area contributed by atoms with E-state index < -0.39 is 17.7 Å². The van der Waals surface area contributed by atoms with Crippen LogP contribution in [0.4, 0.5) is 0 Å². The minimum Gasteiger partial charge on any atom is -0.388 e. The van der Waals surface area contributed by atoms with Gasteiger partial charge in [-0.25, -0.2) is 0 Å². The number of piperidine rings is 1. The molecule has 2 aromatic heterocycles. The number of fused-ring (bicyclic) bond motifs is 1. The van der Waals surface area contributed by atoms with Crippen LogP contribution in [-0.4, -0.2) is 68.8 Å². The fourth-order valence-corrected chi connectivity index (χ4v) is 4.20. The average molecular weight is 400 g/mol. The lowest BCUT2D eigenvalue weighted by Gasteiger charge is -2.39. The van der Waals surface area contributed by atoms with Gasteiger partial charge in [0.2, 0.25) is 11.8 Å². The number of nitrogens with one attached hydrogen (secondary N) is 1. The molecule has 2 fully saturated rings. The van der Waals surface area contributed by atoms with Crippen molar-refractivity contribution in [1.29, 1.82) is 0 Å². The fourth-order valence-electron chi connectivity index (χ4n) is 4.20. The molecule has 8 heteroatoms. The van der Waals surface area contributed by atoms with Gasteiger partial charge in [-0.05, 0) is 50.8 Å². The summed E-state index contributed by atoms with van der Waals surface area (Å²) >= 11 is 0. The van der Waals surface area contributed by atoms with Gasteiger partial charge in [-0.2, -0.15) is 0 Å². The number of aliphatic hydroxyl groups is 1. The van der Waals surface area contributed by atoms with Gasteiger partial charge in [0, 0.05) is 32.1 Å². The zero-order valence-electron chi connectivity index (χ0n) is 16.7. The van der Waals surface area contributed by atoms with Gasteiger partial charge in [-0.3, -0.25) is 14.6 Å². The van der Waals surface area contributed by atoms with Gasteiger partial charge in [-0.15, -0.1) is 0 Å². The number of rotatable bonds is 5. The lowest BCUT2D eigenvalue weighted by atomic mass is 9.91. The largest absolute Gasteiger partial charge is 0.388 e. The number of hydrogen-bond donors (Lipinski definition) is 2. The molecule has 2 atom stereocenters. The number of hydrogen-bond acceptors (Lipinski definition) is 5. The standard InChI is InChI=1S/C21H28N4O4/c1-15(23-19(26)18-5-3-13-29-18)20(27)24-11-7-21(28,8-12-24)14-25-10-6-16-17(25)4-2-9-22-16/h2,4,6,9-10,15,18,28H,3,5,7-8,11-14H2,1H3,(H,23,26)/t15-,18-/m0/s1. The molecule has 0 saturated carbocycles. The number of aromatic nitrogens is 2. The maximum atomic E-state index is 12.7. The first-order valence-electron chi connectivity index (χ1n) is 10.3. The SMILES string of the molecule is C[C@H](NC(=O)[C@@H]1CCCO1)C(=O)N1CCC(O)(Cn2ccc3ncccc32)CC1. The Bertz CT molecular complexity index is 882. The lowest BCUT2D eigenvalue weighted by molar-refractivity contribution is -0.141. The van der Waals surface area contributed by atoms with Gasteiger partial charge in [0.15, 0.2) is 0 Å². The highest BCUT2D eigenvalue weighted by Gasteiger charge is 2.36. The van der Waals surface area contributed by atoms with Crippen molar-refractivity contribution in [3.05, 3.63) is 30.6 Å². The van der Waals surface area contributed by atoms with E-state index in [0.717, 1.165) is 17.5 Å². The summed E-state index contributed by atoms with van der Waals surface area (Å²) in [5.41, 5.74) is 1.02. The van der Waals surface area contributed by atoms with E-state index in [4.69, 9.17) is 4.74 Å². The molecule has 0 aliphatic carbocycles. The highest BCUT2D eigenvalue weighted by Crippen LogP contribution is 2.26. The smallest absolute Gasteiger partial charge is 0.249 e. The van der Waals surface area contributed by atoms with Crippen LogP contribution in [0.15, 0.2) is 30.6 Å². The fraction of sp³-hybridized carbons (Fsp3) is 0.571. The maximum absolute atomic E-state index is 12.7. The Kier molecular flexibility index (Phi) is 5.56. The van der Waals surface area contributed by atoms with E-state index in [2.05, 4.69) is 10.3 Å². The van der Waals surface area contributed by atoms with E-state index in [1.54, 1.807) is 18.0 Å². The first kappa shape index (κ1) is 19.8. The number of likely N-dealkylation sites (tertiary alicyclic amines) is 1. The Morgan fingerprint density at radius 2 is 2.17 bits per heavy atom. The summed E-state index contributed by atoms with van der Waals surface area (Å²) in [5, 5.41) is 13.8. The van der Waals surface area contributed by atoms with Gasteiger partial charge in [0.25, 0.3) is 0 Å². The minimum atomic E-state index is -0.872. The van der Waals surface area contributed by atoms with Crippen LogP contribution in [0, 0.1) is 0 Å². The molecule has 0 spiro atoms. The first-order valence-corrected chi connectivity index (χ1v) is 10.3. The molecule has 2 aromatic rings. The second kappa shape index (κ2) is 8.12. The van der Waals surface area contributed by atoms with Crippen LogP contribution in [0.25, 0.3) is 11.0 Å². The summed E-state index contributed by atoms with van der Waals surface area (Å²) in [7, 11) is 0. The van der Waals surface area contributed by atoms with Gasteiger partial charge in [-0.1, -0.05) is 0 Å². The molecule has 29 heavy (non-hydrogen) atoms. The molecule has 2 aliphatic rings. The van der Waals surface area contributed by atoms with E-state index in [9.17, 15) is 14.7 Å². The third kappa shape index (κ3) is 4.28. The Hall–Kier alpha value is -2.45. The molecule has 4 rings (SSSR count). The van der Waals surface area contributed by atoms with Crippen molar-refractivity contribution in [3.8, 4) is 0 Å². The molecule has 8 nitrogen and oxygen atoms in total. The Labute approximate surface area is 169 Å². The third-order valence-corrected chi connectivity index (χ3v) is 5.96. The van der Waals surface area contributed by atoms with E-state index in [-0.39, 0.29) is 11.8 Å². The molecule has 4 heterocycles. The molecule has 2 amide bonds. The van der Waals surface area contributed by atoms with Gasteiger partial charge in [0.05, 0.1) is 23.2 Å². The zero-order valence-corrected chi connectivity index (χ0v) is 16.7. The van der Waals surface area contributed by atoms with Gasteiger partial charge >= 0.3 is 0 Å². The zero-order chi connectivity index (χ0) is 20.4. The molecule has 2 N–H and O–H groups in total. The Morgan fingerprint density at radius 3 is 2.90 bits per heavy atom. The van der Waals surface area contributed by atoms with Crippen molar-refractivity contribution in [3.63, 3.8) is 0 Å². The number of carbonyl (C=O) groups excluding carboxylic acids is 2. The molecular weight excluding hydrogens is 372 g/mol. The van der Waals surface area contributed by atoms with E-state index in [1.165, 1.54) is 0 Å². The van der Waals surface area contributed by atoms with E-state index in [0.29, 0.717) is 45.5 Å². The number of pyridine rings is 1. The van der Waals surface area contributed by atoms with Crippen LogP contribution in [-0.2, 0) is 20.9 Å². The average Bonchev–Trinajstić information content (AvgIpc) is 3.39. The van der Waals surface area contributed by atoms with Crippen molar-refractivity contribution in [2.45, 2.75) is 56.9 Å². The van der Waals surface area contributed by atoms with E-state index in [1.807, 2.05) is 29.0 Å². The summed E-state index contributed by atoms with van der Waals surface area (Å²) in [4.78, 5) is 31.0. The van der Waals surface area contributed by atoms with Crippen LogP contribution in [0.5, 0.6) is 0 Å².